The number of sulfonamides is 1. The molecule has 4 aromatic rings. The summed E-state index contributed by atoms with van der Waals surface area (Å²) in [4.78, 5) is 20.9. The van der Waals surface area contributed by atoms with Gasteiger partial charge in [-0.05, 0) is 60.0 Å². The number of nitrogens with one attached hydrogen (secondary N) is 1. The van der Waals surface area contributed by atoms with Crippen molar-refractivity contribution < 1.29 is 22.7 Å². The molecular weight excluding hydrogens is 598 g/mol. The number of hydrogen-bond donors (Lipinski definition) is 2. The van der Waals surface area contributed by atoms with Crippen molar-refractivity contribution in [3.05, 3.63) is 77.4 Å². The molecule has 2 aromatic heterocycles. The first-order valence-electron chi connectivity index (χ1n) is 10.8. The number of anilines is 3. The first-order chi connectivity index (χ1) is 16.8. The highest BCUT2D eigenvalue weighted by Crippen LogP contribution is 2.29. The molecular formula is C24H24Cl3FN4O4S2. The van der Waals surface area contributed by atoms with E-state index in [4.69, 9.17) is 0 Å². The molecule has 1 aliphatic heterocycles. The van der Waals surface area contributed by atoms with Crippen LogP contribution in [0.3, 0.4) is 0 Å². The van der Waals surface area contributed by atoms with Gasteiger partial charge in [-0.15, -0.1) is 48.6 Å². The van der Waals surface area contributed by atoms with Crippen molar-refractivity contribution in [2.24, 2.45) is 0 Å². The maximum atomic E-state index is 13.2. The van der Waals surface area contributed by atoms with Crippen LogP contribution >= 0.6 is 48.6 Å². The Hall–Kier alpha value is -2.83. The van der Waals surface area contributed by atoms with Crippen LogP contribution in [0.5, 0.6) is 0 Å². The second-order valence-corrected chi connectivity index (χ2v) is 10.9. The predicted octanol–water partition coefficient (Wildman–Crippen LogP) is 5.53. The van der Waals surface area contributed by atoms with Gasteiger partial charge in [0.15, 0.2) is 0 Å². The number of nitrogens with zero attached hydrogens (tertiary/aromatic N) is 3. The Morgan fingerprint density at radius 3 is 2.21 bits per heavy atom. The fourth-order valence-corrected chi connectivity index (χ4v) is 6.12. The van der Waals surface area contributed by atoms with Gasteiger partial charge in [-0.2, -0.15) is 0 Å². The highest BCUT2D eigenvalue weighted by molar-refractivity contribution is 7.94. The van der Waals surface area contributed by atoms with E-state index in [1.165, 1.54) is 30.3 Å². The van der Waals surface area contributed by atoms with Gasteiger partial charge in [0.25, 0.3) is 10.0 Å². The molecule has 1 saturated heterocycles. The largest absolute Gasteiger partial charge is 0.478 e. The number of carbonyl (C=O) groups is 1. The molecule has 5 rings (SSSR count). The predicted molar refractivity (Wildman–Crippen MR) is 156 cm³/mol. The fraction of sp³-hybridized carbons (Fsp3) is 0.167. The summed E-state index contributed by atoms with van der Waals surface area (Å²) in [7, 11) is -3.76. The number of hydrogen-bond acceptors (Lipinski definition) is 7. The Labute approximate surface area is 241 Å². The summed E-state index contributed by atoms with van der Waals surface area (Å²) in [5.41, 5.74) is 1.69. The number of pyridine rings is 1. The monoisotopic (exact) mass is 620 g/mol. The molecule has 0 bridgehead atoms. The van der Waals surface area contributed by atoms with Crippen molar-refractivity contribution >= 4 is 92.6 Å². The minimum atomic E-state index is -3.76. The number of piperazine rings is 1. The summed E-state index contributed by atoms with van der Waals surface area (Å²) in [6.07, 6.45) is 0. The molecule has 3 heterocycles. The van der Waals surface area contributed by atoms with Crippen molar-refractivity contribution in [3.8, 4) is 0 Å². The van der Waals surface area contributed by atoms with E-state index >= 15 is 0 Å². The van der Waals surface area contributed by atoms with Crippen LogP contribution in [0.4, 0.5) is 21.6 Å². The summed E-state index contributed by atoms with van der Waals surface area (Å²) in [6.45, 7) is 2.59. The topological polar surface area (TPSA) is 103 Å². The van der Waals surface area contributed by atoms with Crippen LogP contribution in [0.25, 0.3) is 10.9 Å². The third-order valence-corrected chi connectivity index (χ3v) is 8.61. The molecule has 0 atom stereocenters. The molecule has 38 heavy (non-hydrogen) atoms. The van der Waals surface area contributed by atoms with Gasteiger partial charge in [0.05, 0.1) is 11.1 Å². The van der Waals surface area contributed by atoms with E-state index in [2.05, 4.69) is 14.6 Å². The van der Waals surface area contributed by atoms with E-state index in [0.717, 1.165) is 17.0 Å². The molecule has 0 aliphatic carbocycles. The summed E-state index contributed by atoms with van der Waals surface area (Å²) in [5.74, 6) is -0.862. The van der Waals surface area contributed by atoms with Crippen LogP contribution in [0.2, 0.25) is 0 Å². The molecule has 2 aromatic carbocycles. The van der Waals surface area contributed by atoms with E-state index in [1.807, 2.05) is 4.90 Å². The summed E-state index contributed by atoms with van der Waals surface area (Å²) in [6, 6.07) is 15.7. The Kier molecular flexibility index (Phi) is 10.6. The van der Waals surface area contributed by atoms with Crippen LogP contribution in [-0.2, 0) is 10.0 Å². The first kappa shape index (κ1) is 31.4. The van der Waals surface area contributed by atoms with Crippen molar-refractivity contribution in [2.45, 2.75) is 4.21 Å². The number of carboxylic acid groups (broad SMARTS) is 1. The number of rotatable bonds is 6. The molecule has 1 fully saturated rings. The third kappa shape index (κ3) is 6.59. The molecule has 1 aliphatic rings. The SMILES string of the molecule is Cl.Cl.Cl.O=C(O)c1cc(N2CCN(c3ccc(F)cc3)CC2)nc2ccc(NS(=O)(=O)c3cccs3)cc12. The second-order valence-electron chi connectivity index (χ2n) is 8.05. The Balaban J connectivity index is 0.00000169. The lowest BCUT2D eigenvalue weighted by Gasteiger charge is -2.37. The standard InChI is InChI=1S/C24H21FN4O4S2.3ClH/c25-16-3-6-18(7-4-16)28-9-11-29(12-10-28)22-15-20(24(30)31)19-14-17(5-8-21(19)26-22)27-35(32,33)23-2-1-13-34-23;;;/h1-8,13-15,27H,9-12H2,(H,30,31);3*1H. The Morgan fingerprint density at radius 1 is 0.947 bits per heavy atom. The van der Waals surface area contributed by atoms with Crippen LogP contribution in [0.1, 0.15) is 10.4 Å². The quantitative estimate of drug-likeness (QED) is 0.292. The first-order valence-corrected chi connectivity index (χ1v) is 13.2. The Morgan fingerprint density at radius 2 is 1.61 bits per heavy atom. The average molecular weight is 622 g/mol. The number of aromatic carboxylic acids is 1. The number of fused-ring (bicyclic) bond motifs is 1. The van der Waals surface area contributed by atoms with E-state index in [9.17, 15) is 22.7 Å². The Bertz CT molecular complexity index is 1500. The molecule has 2 N–H and O–H groups in total. The molecule has 0 radical (unpaired) electrons. The zero-order valence-corrected chi connectivity index (χ0v) is 23.7. The van der Waals surface area contributed by atoms with Crippen molar-refractivity contribution in [1.82, 2.24) is 4.98 Å². The molecule has 14 heteroatoms. The van der Waals surface area contributed by atoms with Gasteiger partial charge in [-0.25, -0.2) is 22.6 Å². The minimum absolute atomic E-state index is 0. The van der Waals surface area contributed by atoms with Gasteiger partial charge in [-0.1, -0.05) is 6.07 Å². The lowest BCUT2D eigenvalue weighted by molar-refractivity contribution is 0.0699. The average Bonchev–Trinajstić information content (AvgIpc) is 3.40. The fourth-order valence-electron chi connectivity index (χ4n) is 4.08. The molecule has 0 unspecified atom stereocenters. The second kappa shape index (κ2) is 12.8. The van der Waals surface area contributed by atoms with Gasteiger partial charge < -0.3 is 14.9 Å². The lowest BCUT2D eigenvalue weighted by atomic mass is 10.1. The lowest BCUT2D eigenvalue weighted by Crippen LogP contribution is -2.46. The van der Waals surface area contributed by atoms with Crippen LogP contribution in [0.15, 0.2) is 70.3 Å². The molecule has 204 valence electrons. The van der Waals surface area contributed by atoms with E-state index in [0.29, 0.717) is 42.9 Å². The summed E-state index contributed by atoms with van der Waals surface area (Å²) < 4.78 is 41.0. The highest BCUT2D eigenvalue weighted by atomic mass is 35.5. The van der Waals surface area contributed by atoms with Crippen molar-refractivity contribution in [3.63, 3.8) is 0 Å². The summed E-state index contributed by atoms with van der Waals surface area (Å²) in [5, 5.41) is 11.9. The maximum absolute atomic E-state index is 13.2. The van der Waals surface area contributed by atoms with Crippen molar-refractivity contribution in [1.29, 1.82) is 0 Å². The smallest absolute Gasteiger partial charge is 0.336 e. The van der Waals surface area contributed by atoms with Crippen molar-refractivity contribution in [2.75, 3.05) is 40.7 Å². The van der Waals surface area contributed by atoms with E-state index in [1.54, 1.807) is 35.7 Å². The van der Waals surface area contributed by atoms with Gasteiger partial charge in [0.1, 0.15) is 15.8 Å². The number of thiophene rings is 1. The normalized spacial score (nSPS) is 13.2. The van der Waals surface area contributed by atoms with Gasteiger partial charge >= 0.3 is 5.97 Å². The zero-order valence-electron chi connectivity index (χ0n) is 19.6. The van der Waals surface area contributed by atoms with Crippen LogP contribution < -0.4 is 14.5 Å². The minimum Gasteiger partial charge on any atom is -0.478 e. The molecule has 0 amide bonds. The van der Waals surface area contributed by atoms with E-state index < -0.39 is 16.0 Å². The maximum Gasteiger partial charge on any atom is 0.336 e. The summed E-state index contributed by atoms with van der Waals surface area (Å²) >= 11 is 1.10. The van der Waals surface area contributed by atoms with Crippen LogP contribution in [-0.4, -0.2) is 50.7 Å². The molecule has 0 spiro atoms. The van der Waals surface area contributed by atoms with Gasteiger partial charge in [0, 0.05) is 42.9 Å². The number of halogens is 4. The van der Waals surface area contributed by atoms with Gasteiger partial charge in [-0.3, -0.25) is 4.72 Å². The number of carboxylic acids is 1. The highest BCUT2D eigenvalue weighted by Gasteiger charge is 2.22. The third-order valence-electron chi connectivity index (χ3n) is 5.83. The van der Waals surface area contributed by atoms with Gasteiger partial charge in [0.2, 0.25) is 0 Å². The number of aromatic nitrogens is 1. The molecule has 8 nitrogen and oxygen atoms in total. The van der Waals surface area contributed by atoms with Crippen LogP contribution in [0, 0.1) is 5.82 Å². The number of benzene rings is 2. The molecule has 0 saturated carbocycles. The zero-order chi connectivity index (χ0) is 24.6. The van der Waals surface area contributed by atoms with E-state index in [-0.39, 0.29) is 58.5 Å².